The summed E-state index contributed by atoms with van der Waals surface area (Å²) in [5.41, 5.74) is 2.08. The van der Waals surface area contributed by atoms with Crippen LogP contribution in [0.15, 0.2) is 70.0 Å². The maximum Gasteiger partial charge on any atom is 0.296 e. The lowest BCUT2D eigenvalue weighted by molar-refractivity contribution is 0.0970. The molecule has 0 bridgehead atoms. The number of hydrogen-bond acceptors (Lipinski definition) is 6. The van der Waals surface area contributed by atoms with Crippen LogP contribution in [0.5, 0.6) is 11.5 Å². The molecule has 0 N–H and O–H groups in total. The lowest BCUT2D eigenvalue weighted by Crippen LogP contribution is -2.30. The predicted molar refractivity (Wildman–Crippen MR) is 134 cm³/mol. The molecule has 1 unspecified atom stereocenters. The minimum Gasteiger partial charge on any atom is -0.490 e. The summed E-state index contributed by atoms with van der Waals surface area (Å²) in [6, 6.07) is 15.5. The number of rotatable bonds is 7. The second-order valence-electron chi connectivity index (χ2n) is 8.43. The Labute approximate surface area is 202 Å². The molecule has 3 heterocycles. The third-order valence-electron chi connectivity index (χ3n) is 5.97. The van der Waals surface area contributed by atoms with Gasteiger partial charge >= 0.3 is 0 Å². The van der Waals surface area contributed by atoms with Crippen LogP contribution in [0.4, 0.5) is 5.82 Å². The maximum atomic E-state index is 13.8. The first-order valence-electron chi connectivity index (χ1n) is 11.7. The summed E-state index contributed by atoms with van der Waals surface area (Å²) in [5.74, 6) is 1.23. The van der Waals surface area contributed by atoms with Gasteiger partial charge in [-0.15, -0.1) is 0 Å². The highest BCUT2D eigenvalue weighted by Crippen LogP contribution is 2.42. The number of nitrogens with zero attached hydrogens (tertiary/aromatic N) is 2. The first-order chi connectivity index (χ1) is 17.0. The average molecular weight is 471 g/mol. The molecule has 1 aliphatic heterocycles. The van der Waals surface area contributed by atoms with Crippen LogP contribution in [0.1, 0.15) is 53.6 Å². The number of fused-ring (bicyclic) bond motifs is 2. The molecule has 0 fully saturated rings. The van der Waals surface area contributed by atoms with E-state index < -0.39 is 11.9 Å². The summed E-state index contributed by atoms with van der Waals surface area (Å²) in [7, 11) is 0. The third-order valence-corrected chi connectivity index (χ3v) is 5.97. The molecule has 1 amide bonds. The van der Waals surface area contributed by atoms with Crippen molar-refractivity contribution >= 4 is 22.7 Å². The molecule has 0 saturated carbocycles. The Morgan fingerprint density at radius 3 is 2.60 bits per heavy atom. The molecule has 7 nitrogen and oxygen atoms in total. The van der Waals surface area contributed by atoms with Gasteiger partial charge in [-0.1, -0.05) is 30.7 Å². The number of anilines is 1. The van der Waals surface area contributed by atoms with E-state index in [-0.39, 0.29) is 11.2 Å². The van der Waals surface area contributed by atoms with Crippen LogP contribution in [-0.2, 0) is 0 Å². The zero-order valence-corrected chi connectivity index (χ0v) is 19.9. The molecule has 0 aliphatic carbocycles. The van der Waals surface area contributed by atoms with Crippen molar-refractivity contribution in [3.8, 4) is 11.5 Å². The smallest absolute Gasteiger partial charge is 0.296 e. The Balaban J connectivity index is 1.75. The number of carbonyl (C=O) groups excluding carboxylic acids is 1. The van der Waals surface area contributed by atoms with Gasteiger partial charge in [0.25, 0.3) is 5.91 Å². The number of carbonyl (C=O) groups is 1. The molecule has 5 rings (SSSR count). The molecule has 1 atom stereocenters. The summed E-state index contributed by atoms with van der Waals surface area (Å²) in [5, 5.41) is 0.442. The Bertz CT molecular complexity index is 1460. The Hall–Kier alpha value is -4.13. The lowest BCUT2D eigenvalue weighted by atomic mass is 9.97. The molecule has 2 aromatic heterocycles. The van der Waals surface area contributed by atoms with Crippen molar-refractivity contribution in [1.29, 1.82) is 0 Å². The van der Waals surface area contributed by atoms with Crippen molar-refractivity contribution in [2.24, 2.45) is 0 Å². The van der Waals surface area contributed by atoms with E-state index in [4.69, 9.17) is 13.9 Å². The zero-order valence-electron chi connectivity index (χ0n) is 19.9. The predicted octanol–water partition coefficient (Wildman–Crippen LogP) is 5.43. The molecule has 1 aliphatic rings. The van der Waals surface area contributed by atoms with Gasteiger partial charge in [0.1, 0.15) is 11.4 Å². The van der Waals surface area contributed by atoms with E-state index in [1.54, 1.807) is 36.5 Å². The van der Waals surface area contributed by atoms with Crippen molar-refractivity contribution < 1.29 is 18.7 Å². The van der Waals surface area contributed by atoms with Crippen molar-refractivity contribution in [2.75, 3.05) is 18.1 Å². The summed E-state index contributed by atoms with van der Waals surface area (Å²) in [6.45, 7) is 6.85. The Morgan fingerprint density at radius 2 is 1.86 bits per heavy atom. The number of ether oxygens (including phenoxy) is 2. The van der Waals surface area contributed by atoms with E-state index in [1.165, 1.54) is 4.90 Å². The number of benzene rings is 2. The molecule has 0 spiro atoms. The first-order valence-corrected chi connectivity index (χ1v) is 11.7. The molecule has 7 heteroatoms. The molecule has 178 valence electrons. The molecule has 35 heavy (non-hydrogen) atoms. The highest BCUT2D eigenvalue weighted by molar-refractivity contribution is 6.10. The second kappa shape index (κ2) is 9.25. The average Bonchev–Trinajstić information content (AvgIpc) is 3.17. The number of aromatic nitrogens is 1. The van der Waals surface area contributed by atoms with Crippen molar-refractivity contribution in [1.82, 2.24) is 4.98 Å². The van der Waals surface area contributed by atoms with Crippen LogP contribution in [-0.4, -0.2) is 24.1 Å². The monoisotopic (exact) mass is 470 g/mol. The number of aryl methyl sites for hydroxylation is 1. The quantitative estimate of drug-likeness (QED) is 0.358. The van der Waals surface area contributed by atoms with Crippen molar-refractivity contribution in [2.45, 2.75) is 33.2 Å². The summed E-state index contributed by atoms with van der Waals surface area (Å²) < 4.78 is 17.8. The van der Waals surface area contributed by atoms with Gasteiger partial charge in [-0.2, -0.15) is 0 Å². The molecule has 4 aromatic rings. The summed E-state index contributed by atoms with van der Waals surface area (Å²) in [4.78, 5) is 33.4. The molecular formula is C28H26N2O5. The van der Waals surface area contributed by atoms with Gasteiger partial charge < -0.3 is 13.9 Å². The van der Waals surface area contributed by atoms with E-state index in [0.29, 0.717) is 52.6 Å². The van der Waals surface area contributed by atoms with Crippen molar-refractivity contribution in [3.63, 3.8) is 0 Å². The fraction of sp³-hybridized carbons (Fsp3) is 0.250. The lowest BCUT2D eigenvalue weighted by Gasteiger charge is -2.25. The van der Waals surface area contributed by atoms with E-state index in [1.807, 2.05) is 45.0 Å². The van der Waals surface area contributed by atoms with Crippen LogP contribution in [0.25, 0.3) is 11.0 Å². The molecular weight excluding hydrogens is 444 g/mol. The van der Waals surface area contributed by atoms with Crippen molar-refractivity contribution in [3.05, 3.63) is 93.5 Å². The minimum absolute atomic E-state index is 0.0336. The molecule has 2 aromatic carbocycles. The maximum absolute atomic E-state index is 13.8. The SMILES string of the molecule is CCCOc1ccc(C2c3c(oc4ccc(C)cc4c3=O)C(=O)N2c2ccccn2)cc1OCC. The second-order valence-corrected chi connectivity index (χ2v) is 8.43. The van der Waals surface area contributed by atoms with Crippen LogP contribution >= 0.6 is 0 Å². The van der Waals surface area contributed by atoms with Gasteiger partial charge in [-0.25, -0.2) is 4.98 Å². The fourth-order valence-electron chi connectivity index (χ4n) is 4.43. The third kappa shape index (κ3) is 3.93. The molecule has 0 saturated heterocycles. The van der Waals surface area contributed by atoms with E-state index in [2.05, 4.69) is 4.98 Å². The minimum atomic E-state index is -0.729. The summed E-state index contributed by atoms with van der Waals surface area (Å²) >= 11 is 0. The Kier molecular flexibility index (Phi) is 5.99. The number of pyridine rings is 1. The largest absolute Gasteiger partial charge is 0.490 e. The Morgan fingerprint density at radius 1 is 1.00 bits per heavy atom. The fourth-order valence-corrected chi connectivity index (χ4v) is 4.43. The topological polar surface area (TPSA) is 81.9 Å². The first kappa shape index (κ1) is 22.7. The van der Waals surface area contributed by atoms with Gasteiger partial charge in [-0.05, 0) is 62.2 Å². The van der Waals surface area contributed by atoms with Crippen LogP contribution in [0, 0.1) is 6.92 Å². The van der Waals surface area contributed by atoms with Gasteiger partial charge in [0.05, 0.1) is 30.2 Å². The highest BCUT2D eigenvalue weighted by atomic mass is 16.5. The van der Waals surface area contributed by atoms with Crippen LogP contribution in [0.3, 0.4) is 0 Å². The zero-order chi connectivity index (χ0) is 24.5. The highest BCUT2D eigenvalue weighted by Gasteiger charge is 2.44. The van der Waals surface area contributed by atoms with Gasteiger partial charge in [-0.3, -0.25) is 14.5 Å². The van der Waals surface area contributed by atoms with Gasteiger partial charge in [0, 0.05) is 6.20 Å². The number of hydrogen-bond donors (Lipinski definition) is 0. The van der Waals surface area contributed by atoms with Gasteiger partial charge in [0.2, 0.25) is 5.76 Å². The van der Waals surface area contributed by atoms with Crippen LogP contribution < -0.4 is 19.8 Å². The van der Waals surface area contributed by atoms with E-state index in [9.17, 15) is 9.59 Å². The van der Waals surface area contributed by atoms with Gasteiger partial charge in [0.15, 0.2) is 16.9 Å². The standard InChI is InChI=1S/C28H26N2O5/c1-4-14-34-21-12-10-18(16-22(21)33-5-2)25-24-26(31)19-15-17(3)9-11-20(19)35-27(24)28(32)30(25)23-8-6-7-13-29-23/h6-13,15-16,25H,4-5,14H2,1-3H3. The van der Waals surface area contributed by atoms with E-state index in [0.717, 1.165) is 12.0 Å². The van der Waals surface area contributed by atoms with E-state index >= 15 is 0 Å². The summed E-state index contributed by atoms with van der Waals surface area (Å²) in [6.07, 6.45) is 2.48. The number of amides is 1. The normalized spacial score (nSPS) is 14.9. The van der Waals surface area contributed by atoms with Crippen LogP contribution in [0.2, 0.25) is 0 Å². The molecule has 0 radical (unpaired) electrons.